The molecule has 3 nitrogen and oxygen atoms in total. The number of carbonyl (C=O) groups excluding carboxylic acids is 1. The lowest BCUT2D eigenvalue weighted by Gasteiger charge is -2.39. The number of rotatable bonds is 5. The molecule has 0 saturated heterocycles. The zero-order valence-corrected chi connectivity index (χ0v) is 9.91. The van der Waals surface area contributed by atoms with Crippen LogP contribution in [0.4, 0.5) is 0 Å². The number of Topliss-reactive ketones (excluding diaryl/α,β-unsaturated/α-hetero) is 1. The maximum absolute atomic E-state index is 12.0. The van der Waals surface area contributed by atoms with Crippen molar-refractivity contribution in [2.24, 2.45) is 0 Å². The van der Waals surface area contributed by atoms with Crippen LogP contribution in [-0.4, -0.2) is 18.5 Å². The highest BCUT2D eigenvalue weighted by atomic mass is 16.5. The number of carbonyl (C=O) groups is 1. The predicted octanol–water partition coefficient (Wildman–Crippen LogP) is 2.98. The molecule has 88 valence electrons. The summed E-state index contributed by atoms with van der Waals surface area (Å²) in [5.74, 6) is 1.39. The van der Waals surface area contributed by atoms with Crippen LogP contribution in [0, 0.1) is 0 Å². The van der Waals surface area contributed by atoms with E-state index in [9.17, 15) is 4.79 Å². The number of hydrogen-bond donors (Lipinski definition) is 0. The van der Waals surface area contributed by atoms with Crippen LogP contribution in [0.5, 0.6) is 0 Å². The van der Waals surface area contributed by atoms with Gasteiger partial charge in [-0.25, -0.2) is 0 Å². The topological polar surface area (TPSA) is 39.4 Å². The summed E-state index contributed by atoms with van der Waals surface area (Å²) in [6, 6.07) is 3.64. The van der Waals surface area contributed by atoms with Gasteiger partial charge in [-0.1, -0.05) is 6.92 Å². The number of aryl methyl sites for hydroxylation is 1. The van der Waals surface area contributed by atoms with Gasteiger partial charge in [-0.05, 0) is 31.4 Å². The lowest BCUT2D eigenvalue weighted by Crippen LogP contribution is -2.41. The van der Waals surface area contributed by atoms with Crippen LogP contribution in [0.3, 0.4) is 0 Å². The van der Waals surface area contributed by atoms with Crippen molar-refractivity contribution in [3.63, 3.8) is 0 Å². The second-order valence-corrected chi connectivity index (χ2v) is 4.46. The van der Waals surface area contributed by atoms with Gasteiger partial charge >= 0.3 is 0 Å². The molecule has 1 heterocycles. The highest BCUT2D eigenvalue weighted by Gasteiger charge is 2.39. The van der Waals surface area contributed by atoms with Crippen LogP contribution in [0.2, 0.25) is 0 Å². The monoisotopic (exact) mass is 222 g/mol. The van der Waals surface area contributed by atoms with Crippen molar-refractivity contribution >= 4 is 5.78 Å². The van der Waals surface area contributed by atoms with Gasteiger partial charge in [-0.15, -0.1) is 0 Å². The summed E-state index contributed by atoms with van der Waals surface area (Å²) >= 11 is 0. The Labute approximate surface area is 95.8 Å². The van der Waals surface area contributed by atoms with Crippen LogP contribution < -0.4 is 0 Å². The summed E-state index contributed by atoms with van der Waals surface area (Å²) < 4.78 is 10.9. The van der Waals surface area contributed by atoms with E-state index in [0.29, 0.717) is 12.2 Å². The third kappa shape index (κ3) is 2.05. The summed E-state index contributed by atoms with van der Waals surface area (Å²) in [6.07, 6.45) is 4.38. The molecule has 1 aliphatic carbocycles. The predicted molar refractivity (Wildman–Crippen MR) is 60.6 cm³/mol. The zero-order chi connectivity index (χ0) is 11.6. The van der Waals surface area contributed by atoms with Gasteiger partial charge in [0.15, 0.2) is 5.76 Å². The van der Waals surface area contributed by atoms with E-state index < -0.39 is 0 Å². The fraction of sp³-hybridized carbons (Fsp3) is 0.615. The second kappa shape index (κ2) is 4.42. The fourth-order valence-corrected chi connectivity index (χ4v) is 2.12. The number of furan rings is 1. The zero-order valence-electron chi connectivity index (χ0n) is 9.91. The first-order chi connectivity index (χ1) is 7.69. The van der Waals surface area contributed by atoms with Gasteiger partial charge in [0.05, 0.1) is 5.60 Å². The summed E-state index contributed by atoms with van der Waals surface area (Å²) in [5.41, 5.74) is -0.212. The molecule has 0 spiro atoms. The quantitative estimate of drug-likeness (QED) is 0.719. The Morgan fingerprint density at radius 2 is 2.25 bits per heavy atom. The van der Waals surface area contributed by atoms with E-state index in [1.807, 2.05) is 13.0 Å². The van der Waals surface area contributed by atoms with E-state index in [0.717, 1.165) is 31.4 Å². The van der Waals surface area contributed by atoms with Crippen molar-refractivity contribution in [3.8, 4) is 0 Å². The van der Waals surface area contributed by atoms with E-state index in [1.165, 1.54) is 0 Å². The minimum absolute atomic E-state index is 0.0567. The minimum atomic E-state index is -0.212. The SMILES string of the molecule is CCc1ccc(C(=O)CC2(OC)CCC2)o1. The van der Waals surface area contributed by atoms with Crippen molar-refractivity contribution in [2.45, 2.75) is 44.6 Å². The first-order valence-electron chi connectivity index (χ1n) is 5.86. The highest BCUT2D eigenvalue weighted by Crippen LogP contribution is 2.38. The van der Waals surface area contributed by atoms with Gasteiger partial charge in [0.2, 0.25) is 5.78 Å². The largest absolute Gasteiger partial charge is 0.458 e. The lowest BCUT2D eigenvalue weighted by molar-refractivity contribution is -0.0708. The standard InChI is InChI=1S/C13H18O3/c1-3-10-5-6-12(16-10)11(14)9-13(15-2)7-4-8-13/h5-6H,3-4,7-9H2,1-2H3. The molecule has 0 radical (unpaired) electrons. The smallest absolute Gasteiger partial charge is 0.200 e. The van der Waals surface area contributed by atoms with E-state index >= 15 is 0 Å². The van der Waals surface area contributed by atoms with Crippen LogP contribution in [0.1, 0.15) is 48.9 Å². The molecule has 1 aliphatic rings. The minimum Gasteiger partial charge on any atom is -0.458 e. The fourth-order valence-electron chi connectivity index (χ4n) is 2.12. The number of methoxy groups -OCH3 is 1. The maximum atomic E-state index is 12.0. The average molecular weight is 222 g/mol. The van der Waals surface area contributed by atoms with E-state index in [4.69, 9.17) is 9.15 Å². The number of hydrogen-bond acceptors (Lipinski definition) is 3. The summed E-state index contributed by atoms with van der Waals surface area (Å²) in [4.78, 5) is 12.0. The third-order valence-electron chi connectivity index (χ3n) is 3.47. The second-order valence-electron chi connectivity index (χ2n) is 4.46. The third-order valence-corrected chi connectivity index (χ3v) is 3.47. The van der Waals surface area contributed by atoms with E-state index in [2.05, 4.69) is 0 Å². The van der Waals surface area contributed by atoms with Gasteiger partial charge in [0.1, 0.15) is 5.76 Å². The summed E-state index contributed by atoms with van der Waals surface area (Å²) in [5, 5.41) is 0. The molecule has 0 amide bonds. The van der Waals surface area contributed by atoms with Crippen molar-refractivity contribution in [1.29, 1.82) is 0 Å². The Morgan fingerprint density at radius 3 is 2.69 bits per heavy atom. The summed E-state index contributed by atoms with van der Waals surface area (Å²) in [6.45, 7) is 2.01. The van der Waals surface area contributed by atoms with Crippen LogP contribution >= 0.6 is 0 Å². The molecule has 1 aromatic heterocycles. The molecule has 1 fully saturated rings. The molecule has 0 bridgehead atoms. The Bertz CT molecular complexity index is 369. The van der Waals surface area contributed by atoms with E-state index in [1.54, 1.807) is 13.2 Å². The molecule has 3 heteroatoms. The Balaban J connectivity index is 2.02. The number of ether oxygens (including phenoxy) is 1. The van der Waals surface area contributed by atoms with Crippen molar-refractivity contribution in [3.05, 3.63) is 23.7 Å². The molecule has 0 aliphatic heterocycles. The first-order valence-corrected chi connectivity index (χ1v) is 5.86. The van der Waals surface area contributed by atoms with Gasteiger partial charge in [0, 0.05) is 20.0 Å². The molecule has 0 atom stereocenters. The van der Waals surface area contributed by atoms with Gasteiger partial charge in [-0.2, -0.15) is 0 Å². The van der Waals surface area contributed by atoms with Crippen LogP contribution in [0.25, 0.3) is 0 Å². The molecule has 1 saturated carbocycles. The Kier molecular flexibility index (Phi) is 3.15. The Hall–Kier alpha value is -1.09. The highest BCUT2D eigenvalue weighted by molar-refractivity contribution is 5.94. The first kappa shape index (κ1) is 11.4. The molecule has 0 aromatic carbocycles. The van der Waals surface area contributed by atoms with Crippen molar-refractivity contribution in [2.75, 3.05) is 7.11 Å². The van der Waals surface area contributed by atoms with E-state index in [-0.39, 0.29) is 11.4 Å². The molecule has 16 heavy (non-hydrogen) atoms. The van der Waals surface area contributed by atoms with Crippen LogP contribution in [0.15, 0.2) is 16.5 Å². The van der Waals surface area contributed by atoms with Crippen molar-refractivity contribution < 1.29 is 13.9 Å². The average Bonchev–Trinajstić information content (AvgIpc) is 2.71. The molecular formula is C13H18O3. The molecule has 1 aromatic rings. The van der Waals surface area contributed by atoms with Gasteiger partial charge in [0.25, 0.3) is 0 Å². The molecule has 0 N–H and O–H groups in total. The van der Waals surface area contributed by atoms with Crippen molar-refractivity contribution in [1.82, 2.24) is 0 Å². The van der Waals surface area contributed by atoms with Crippen LogP contribution in [-0.2, 0) is 11.2 Å². The maximum Gasteiger partial charge on any atom is 0.200 e. The number of ketones is 1. The molecule has 2 rings (SSSR count). The molecular weight excluding hydrogens is 204 g/mol. The summed E-state index contributed by atoms with van der Waals surface area (Å²) in [7, 11) is 1.69. The van der Waals surface area contributed by atoms with Gasteiger partial charge in [-0.3, -0.25) is 4.79 Å². The normalized spacial score (nSPS) is 18.1. The Morgan fingerprint density at radius 1 is 1.50 bits per heavy atom. The molecule has 0 unspecified atom stereocenters. The lowest BCUT2D eigenvalue weighted by atomic mass is 9.76. The van der Waals surface area contributed by atoms with Gasteiger partial charge < -0.3 is 9.15 Å².